The Morgan fingerprint density at radius 1 is 1.30 bits per heavy atom. The van der Waals surface area contributed by atoms with Crippen molar-refractivity contribution in [3.8, 4) is 0 Å². The number of carbonyl (C=O) groups is 1. The Labute approximate surface area is 121 Å². The van der Waals surface area contributed by atoms with Crippen molar-refractivity contribution in [3.63, 3.8) is 0 Å². The van der Waals surface area contributed by atoms with Gasteiger partial charge in [-0.05, 0) is 15.9 Å². The Bertz CT molecular complexity index is 801. The van der Waals surface area contributed by atoms with Crippen molar-refractivity contribution in [2.45, 2.75) is 13.0 Å². The number of nitrogens with zero attached hydrogens (tertiary/aromatic N) is 4. The Balaban J connectivity index is 2.68. The molecule has 0 amide bonds. The van der Waals surface area contributed by atoms with E-state index >= 15 is 0 Å². The fourth-order valence-electron chi connectivity index (χ4n) is 1.93. The summed E-state index contributed by atoms with van der Waals surface area (Å²) in [6.45, 7) is 0.233. The SMILES string of the molecule is COC(=O)CCn1c(Br)nc2c1c(=O)n(C)c(=O)n2C. The van der Waals surface area contributed by atoms with Crippen molar-refractivity contribution in [3.05, 3.63) is 25.6 Å². The molecule has 2 rings (SSSR count). The predicted molar refractivity (Wildman–Crippen MR) is 74.5 cm³/mol. The van der Waals surface area contributed by atoms with E-state index in [4.69, 9.17) is 0 Å². The number of imidazole rings is 1. The normalized spacial score (nSPS) is 11.0. The van der Waals surface area contributed by atoms with Crippen LogP contribution in [0.15, 0.2) is 14.3 Å². The van der Waals surface area contributed by atoms with Crippen molar-refractivity contribution in [1.29, 1.82) is 0 Å². The van der Waals surface area contributed by atoms with Gasteiger partial charge in [0.25, 0.3) is 5.56 Å². The Morgan fingerprint density at radius 2 is 1.95 bits per heavy atom. The van der Waals surface area contributed by atoms with Gasteiger partial charge in [-0.15, -0.1) is 0 Å². The van der Waals surface area contributed by atoms with Gasteiger partial charge >= 0.3 is 11.7 Å². The Morgan fingerprint density at radius 3 is 2.55 bits per heavy atom. The average Bonchev–Trinajstić information content (AvgIpc) is 2.77. The molecule has 0 aromatic carbocycles. The van der Waals surface area contributed by atoms with E-state index in [-0.39, 0.29) is 30.1 Å². The molecule has 0 spiro atoms. The summed E-state index contributed by atoms with van der Waals surface area (Å²) in [6, 6.07) is 0. The standard InChI is InChI=1S/C11H13BrN4O4/c1-14-8-7(9(18)15(2)11(14)19)16(10(12)13-8)5-4-6(17)20-3/h4-5H2,1-3H3. The maximum Gasteiger partial charge on any atom is 0.332 e. The molecule has 108 valence electrons. The molecule has 0 aliphatic rings. The first-order valence-electron chi connectivity index (χ1n) is 5.77. The number of esters is 1. The number of halogens is 1. The van der Waals surface area contributed by atoms with Crippen LogP contribution in [0.3, 0.4) is 0 Å². The number of ether oxygens (including phenoxy) is 1. The minimum Gasteiger partial charge on any atom is -0.469 e. The van der Waals surface area contributed by atoms with Gasteiger partial charge in [0.15, 0.2) is 15.9 Å². The number of fused-ring (bicyclic) bond motifs is 1. The molecule has 0 aliphatic heterocycles. The van der Waals surface area contributed by atoms with Crippen molar-refractivity contribution in [1.82, 2.24) is 18.7 Å². The molecule has 0 N–H and O–H groups in total. The van der Waals surface area contributed by atoms with Gasteiger partial charge in [0.1, 0.15) is 0 Å². The quantitative estimate of drug-likeness (QED) is 0.566. The van der Waals surface area contributed by atoms with Crippen molar-refractivity contribution in [2.24, 2.45) is 14.1 Å². The number of carbonyl (C=O) groups excluding carboxylic acids is 1. The molecule has 0 atom stereocenters. The van der Waals surface area contributed by atoms with Crippen LogP contribution in [0.25, 0.3) is 11.2 Å². The summed E-state index contributed by atoms with van der Waals surface area (Å²) in [5, 5.41) is 0. The molecule has 0 fully saturated rings. The molecule has 0 bridgehead atoms. The fourth-order valence-corrected chi connectivity index (χ4v) is 2.45. The van der Waals surface area contributed by atoms with Gasteiger partial charge in [0.2, 0.25) is 0 Å². The second kappa shape index (κ2) is 5.23. The zero-order chi connectivity index (χ0) is 15.0. The molecule has 2 aromatic rings. The number of methoxy groups -OCH3 is 1. The van der Waals surface area contributed by atoms with Crippen molar-refractivity contribution < 1.29 is 9.53 Å². The first-order chi connectivity index (χ1) is 9.38. The van der Waals surface area contributed by atoms with Gasteiger partial charge in [-0.1, -0.05) is 0 Å². The lowest BCUT2D eigenvalue weighted by atomic mass is 10.4. The van der Waals surface area contributed by atoms with Gasteiger partial charge in [-0.25, -0.2) is 9.78 Å². The number of hydrogen-bond acceptors (Lipinski definition) is 5. The lowest BCUT2D eigenvalue weighted by Gasteiger charge is -2.06. The van der Waals surface area contributed by atoms with E-state index in [1.54, 1.807) is 4.57 Å². The van der Waals surface area contributed by atoms with E-state index in [2.05, 4.69) is 25.7 Å². The van der Waals surface area contributed by atoms with Crippen molar-refractivity contribution >= 4 is 33.1 Å². The molecule has 2 aromatic heterocycles. The molecule has 0 saturated heterocycles. The third kappa shape index (κ3) is 2.17. The van der Waals surface area contributed by atoms with Gasteiger partial charge in [0.05, 0.1) is 13.5 Å². The molecule has 2 heterocycles. The zero-order valence-electron chi connectivity index (χ0n) is 11.2. The zero-order valence-corrected chi connectivity index (χ0v) is 12.8. The molecular formula is C11H13BrN4O4. The number of rotatable bonds is 3. The average molecular weight is 345 g/mol. The summed E-state index contributed by atoms with van der Waals surface area (Å²) in [5.74, 6) is -0.389. The molecule has 20 heavy (non-hydrogen) atoms. The van der Waals surface area contributed by atoms with Crippen molar-refractivity contribution in [2.75, 3.05) is 7.11 Å². The summed E-state index contributed by atoms with van der Waals surface area (Å²) in [4.78, 5) is 39.4. The first-order valence-corrected chi connectivity index (χ1v) is 6.56. The largest absolute Gasteiger partial charge is 0.469 e. The molecule has 9 heteroatoms. The number of aromatic nitrogens is 4. The van der Waals surface area contributed by atoms with Crippen LogP contribution in [0.4, 0.5) is 0 Å². The highest BCUT2D eigenvalue weighted by atomic mass is 79.9. The van der Waals surface area contributed by atoms with E-state index < -0.39 is 11.2 Å². The highest BCUT2D eigenvalue weighted by molar-refractivity contribution is 9.10. The van der Waals surface area contributed by atoms with Crippen LogP contribution in [-0.4, -0.2) is 31.8 Å². The van der Waals surface area contributed by atoms with Crippen LogP contribution in [-0.2, 0) is 30.2 Å². The smallest absolute Gasteiger partial charge is 0.332 e. The minimum atomic E-state index is -0.453. The lowest BCUT2D eigenvalue weighted by molar-refractivity contribution is -0.140. The number of aryl methyl sites for hydroxylation is 2. The summed E-state index contributed by atoms with van der Waals surface area (Å²) >= 11 is 3.24. The molecular weight excluding hydrogens is 332 g/mol. The van der Waals surface area contributed by atoms with Gasteiger partial charge < -0.3 is 9.30 Å². The molecule has 0 saturated carbocycles. The van der Waals surface area contributed by atoms with E-state index in [1.165, 1.54) is 25.8 Å². The fraction of sp³-hybridized carbons (Fsp3) is 0.455. The number of hydrogen-bond donors (Lipinski definition) is 0. The van der Waals surface area contributed by atoms with Crippen LogP contribution in [0.2, 0.25) is 0 Å². The maximum absolute atomic E-state index is 12.2. The van der Waals surface area contributed by atoms with Crippen LogP contribution in [0.1, 0.15) is 6.42 Å². The molecule has 0 aliphatic carbocycles. The molecule has 8 nitrogen and oxygen atoms in total. The topological polar surface area (TPSA) is 88.1 Å². The van der Waals surface area contributed by atoms with Crippen LogP contribution >= 0.6 is 15.9 Å². The third-order valence-corrected chi connectivity index (χ3v) is 3.67. The van der Waals surface area contributed by atoms with Gasteiger partial charge in [-0.3, -0.25) is 18.7 Å². The second-order valence-corrected chi connectivity index (χ2v) is 4.95. The maximum atomic E-state index is 12.2. The predicted octanol–water partition coefficient (Wildman–Crippen LogP) is -0.241. The molecule has 0 unspecified atom stereocenters. The van der Waals surface area contributed by atoms with E-state index in [9.17, 15) is 14.4 Å². The van der Waals surface area contributed by atoms with Crippen LogP contribution in [0, 0.1) is 0 Å². The Hall–Kier alpha value is -1.90. The molecule has 0 radical (unpaired) electrons. The second-order valence-electron chi connectivity index (χ2n) is 4.24. The van der Waals surface area contributed by atoms with Crippen LogP contribution in [0.5, 0.6) is 0 Å². The van der Waals surface area contributed by atoms with Crippen LogP contribution < -0.4 is 11.2 Å². The minimum absolute atomic E-state index is 0.104. The summed E-state index contributed by atoms with van der Waals surface area (Å²) < 4.78 is 8.80. The summed E-state index contributed by atoms with van der Waals surface area (Å²) in [5.41, 5.74) is -0.362. The summed E-state index contributed by atoms with van der Waals surface area (Å²) in [7, 11) is 4.23. The highest BCUT2D eigenvalue weighted by Gasteiger charge is 2.18. The lowest BCUT2D eigenvalue weighted by Crippen LogP contribution is -2.37. The van der Waals surface area contributed by atoms with E-state index in [0.29, 0.717) is 4.73 Å². The highest BCUT2D eigenvalue weighted by Crippen LogP contribution is 2.16. The van der Waals surface area contributed by atoms with E-state index in [1.807, 2.05) is 0 Å². The van der Waals surface area contributed by atoms with E-state index in [0.717, 1.165) is 4.57 Å². The first kappa shape index (κ1) is 14.5. The third-order valence-electron chi connectivity index (χ3n) is 3.07. The Kier molecular flexibility index (Phi) is 3.80. The monoisotopic (exact) mass is 344 g/mol. The van der Waals surface area contributed by atoms with Gasteiger partial charge in [-0.2, -0.15) is 0 Å². The van der Waals surface area contributed by atoms with Gasteiger partial charge in [0, 0.05) is 20.6 Å². The summed E-state index contributed by atoms with van der Waals surface area (Å²) in [6.07, 6.45) is 0.104.